The van der Waals surface area contributed by atoms with Crippen LogP contribution in [0.4, 0.5) is 11.4 Å². The molecule has 0 aromatic heterocycles. The fraction of sp³-hybridized carbons (Fsp3) is 0.333. The van der Waals surface area contributed by atoms with Crippen LogP contribution in [0.25, 0.3) is 0 Å². The molecule has 1 aliphatic rings. The maximum atomic E-state index is 6.20. The Labute approximate surface area is 76.9 Å². The van der Waals surface area contributed by atoms with Crippen LogP contribution < -0.4 is 10.6 Å². The highest BCUT2D eigenvalue weighted by molar-refractivity contribution is 6.27. The second-order valence-corrected chi connectivity index (χ2v) is 3.60. The van der Waals surface area contributed by atoms with E-state index in [1.165, 1.54) is 0 Å². The van der Waals surface area contributed by atoms with E-state index in [0.29, 0.717) is 0 Å². The molecule has 2 rings (SSSR count). The van der Waals surface area contributed by atoms with Gasteiger partial charge >= 0.3 is 0 Å². The van der Waals surface area contributed by atoms with E-state index in [4.69, 9.17) is 11.6 Å². The molecule has 1 aromatic rings. The maximum Gasteiger partial charge on any atom is 0.186 e. The molecular weight excluding hydrogens is 172 g/mol. The van der Waals surface area contributed by atoms with Crippen molar-refractivity contribution in [2.75, 3.05) is 10.6 Å². The number of rotatable bonds is 1. The van der Waals surface area contributed by atoms with Crippen LogP contribution >= 0.6 is 11.6 Å². The summed E-state index contributed by atoms with van der Waals surface area (Å²) in [5.74, 6) is 0. The normalized spacial score (nSPS) is 17.8. The van der Waals surface area contributed by atoms with Gasteiger partial charge in [0.05, 0.1) is 11.4 Å². The van der Waals surface area contributed by atoms with Crippen LogP contribution in [-0.4, -0.2) is 5.12 Å². The predicted octanol–water partition coefficient (Wildman–Crippen LogP) is 2.83. The summed E-state index contributed by atoms with van der Waals surface area (Å²) in [5, 5.41) is 5.95. The van der Waals surface area contributed by atoms with Gasteiger partial charge in [0.2, 0.25) is 0 Å². The lowest BCUT2D eigenvalue weighted by atomic mass is 10.3. The molecule has 0 atom stereocenters. The van der Waals surface area contributed by atoms with Crippen LogP contribution in [0.2, 0.25) is 0 Å². The van der Waals surface area contributed by atoms with Crippen molar-refractivity contribution < 1.29 is 0 Å². The average Bonchev–Trinajstić information content (AvgIpc) is 2.42. The van der Waals surface area contributed by atoms with Crippen LogP contribution in [0, 0.1) is 0 Å². The zero-order valence-electron chi connectivity index (χ0n) is 6.89. The molecule has 0 saturated heterocycles. The van der Waals surface area contributed by atoms with Crippen LogP contribution in [0.1, 0.15) is 13.3 Å². The molecule has 1 heterocycles. The van der Waals surface area contributed by atoms with E-state index in [1.54, 1.807) is 0 Å². The Hall–Kier alpha value is -0.890. The summed E-state index contributed by atoms with van der Waals surface area (Å²) in [4.78, 5) is 0. The van der Waals surface area contributed by atoms with Gasteiger partial charge in [0.25, 0.3) is 0 Å². The molecule has 1 aliphatic heterocycles. The summed E-state index contributed by atoms with van der Waals surface area (Å²) in [6, 6.07) is 8.02. The van der Waals surface area contributed by atoms with Crippen molar-refractivity contribution in [3.05, 3.63) is 24.3 Å². The first-order valence-electron chi connectivity index (χ1n) is 4.08. The van der Waals surface area contributed by atoms with Gasteiger partial charge in [-0.05, 0) is 12.1 Å². The first-order valence-corrected chi connectivity index (χ1v) is 4.45. The molecule has 0 spiro atoms. The molecule has 3 heteroatoms. The number of anilines is 2. The van der Waals surface area contributed by atoms with Gasteiger partial charge in [-0.2, -0.15) is 0 Å². The minimum atomic E-state index is -0.482. The van der Waals surface area contributed by atoms with Gasteiger partial charge in [0.15, 0.2) is 5.12 Å². The molecule has 0 unspecified atom stereocenters. The molecule has 0 amide bonds. The molecule has 0 bridgehead atoms. The Kier molecular flexibility index (Phi) is 1.65. The number of hydrogen-bond donors (Lipinski definition) is 2. The minimum Gasteiger partial charge on any atom is -0.349 e. The highest BCUT2D eigenvalue weighted by atomic mass is 35.5. The third-order valence-electron chi connectivity index (χ3n) is 2.08. The van der Waals surface area contributed by atoms with Crippen molar-refractivity contribution in [2.45, 2.75) is 18.5 Å². The third kappa shape index (κ3) is 1.12. The summed E-state index contributed by atoms with van der Waals surface area (Å²) in [7, 11) is 0. The Bertz CT molecular complexity index is 273. The van der Waals surface area contributed by atoms with Gasteiger partial charge in [-0.25, -0.2) is 0 Å². The first-order chi connectivity index (χ1) is 5.73. The van der Waals surface area contributed by atoms with E-state index in [0.717, 1.165) is 17.8 Å². The lowest BCUT2D eigenvalue weighted by molar-refractivity contribution is 0.725. The molecule has 2 nitrogen and oxygen atoms in total. The van der Waals surface area contributed by atoms with Crippen molar-refractivity contribution in [1.82, 2.24) is 0 Å². The summed E-state index contributed by atoms with van der Waals surface area (Å²) in [5.41, 5.74) is 2.16. The standard InChI is InChI=1S/C9H11ClN2/c1-2-9(10)11-7-5-3-4-6-8(7)12-9/h3-6,11-12H,2H2,1H3. The van der Waals surface area contributed by atoms with Crippen molar-refractivity contribution >= 4 is 23.0 Å². The van der Waals surface area contributed by atoms with Crippen LogP contribution in [-0.2, 0) is 0 Å². The summed E-state index contributed by atoms with van der Waals surface area (Å²) >= 11 is 6.20. The van der Waals surface area contributed by atoms with Gasteiger partial charge in [0.1, 0.15) is 0 Å². The van der Waals surface area contributed by atoms with Crippen LogP contribution in [0.5, 0.6) is 0 Å². The molecule has 64 valence electrons. The van der Waals surface area contributed by atoms with Gasteiger partial charge in [-0.1, -0.05) is 30.7 Å². The Morgan fingerprint density at radius 1 is 1.25 bits per heavy atom. The summed E-state index contributed by atoms with van der Waals surface area (Å²) < 4.78 is 0. The molecule has 12 heavy (non-hydrogen) atoms. The SMILES string of the molecule is CCC1(Cl)Nc2ccccc2N1. The highest BCUT2D eigenvalue weighted by Gasteiger charge is 2.31. The molecule has 0 radical (unpaired) electrons. The van der Waals surface area contributed by atoms with E-state index in [2.05, 4.69) is 10.6 Å². The number of hydrogen-bond acceptors (Lipinski definition) is 2. The second-order valence-electron chi connectivity index (χ2n) is 2.95. The van der Waals surface area contributed by atoms with Crippen LogP contribution in [0.3, 0.4) is 0 Å². The van der Waals surface area contributed by atoms with Gasteiger partial charge in [-0.15, -0.1) is 0 Å². The quantitative estimate of drug-likeness (QED) is 0.516. The van der Waals surface area contributed by atoms with E-state index in [9.17, 15) is 0 Å². The fourth-order valence-corrected chi connectivity index (χ4v) is 1.54. The number of benzene rings is 1. The fourth-order valence-electron chi connectivity index (χ4n) is 1.34. The smallest absolute Gasteiger partial charge is 0.186 e. The second kappa shape index (κ2) is 2.56. The zero-order chi connectivity index (χ0) is 8.60. The van der Waals surface area contributed by atoms with E-state index < -0.39 is 5.12 Å². The topological polar surface area (TPSA) is 24.1 Å². The number of fused-ring (bicyclic) bond motifs is 1. The van der Waals surface area contributed by atoms with Crippen molar-refractivity contribution in [3.63, 3.8) is 0 Å². The van der Waals surface area contributed by atoms with Crippen molar-refractivity contribution in [2.24, 2.45) is 0 Å². The number of para-hydroxylation sites is 2. The van der Waals surface area contributed by atoms with Gasteiger partial charge in [-0.3, -0.25) is 0 Å². The number of nitrogens with one attached hydrogen (secondary N) is 2. The summed E-state index contributed by atoms with van der Waals surface area (Å²) in [6.45, 7) is 2.04. The number of alkyl halides is 1. The lowest BCUT2D eigenvalue weighted by Crippen LogP contribution is -2.33. The predicted molar refractivity (Wildman–Crippen MR) is 52.6 cm³/mol. The minimum absolute atomic E-state index is 0.482. The first kappa shape index (κ1) is 7.74. The maximum absolute atomic E-state index is 6.20. The highest BCUT2D eigenvalue weighted by Crippen LogP contribution is 2.36. The Morgan fingerprint density at radius 2 is 1.75 bits per heavy atom. The molecule has 0 aliphatic carbocycles. The monoisotopic (exact) mass is 182 g/mol. The molecule has 1 aromatic carbocycles. The van der Waals surface area contributed by atoms with Crippen LogP contribution in [0.15, 0.2) is 24.3 Å². The Balaban J connectivity index is 2.33. The summed E-state index contributed by atoms with van der Waals surface area (Å²) in [6.07, 6.45) is 0.837. The van der Waals surface area contributed by atoms with E-state index >= 15 is 0 Å². The van der Waals surface area contributed by atoms with Gasteiger partial charge < -0.3 is 10.6 Å². The lowest BCUT2D eigenvalue weighted by Gasteiger charge is -2.20. The van der Waals surface area contributed by atoms with Gasteiger partial charge in [0, 0.05) is 6.42 Å². The van der Waals surface area contributed by atoms with Crippen molar-refractivity contribution in [3.8, 4) is 0 Å². The number of halogens is 1. The third-order valence-corrected chi connectivity index (χ3v) is 2.54. The Morgan fingerprint density at radius 3 is 2.17 bits per heavy atom. The molecule has 0 saturated carbocycles. The average molecular weight is 183 g/mol. The molecular formula is C9H11ClN2. The van der Waals surface area contributed by atoms with E-state index in [1.807, 2.05) is 31.2 Å². The molecule has 2 N–H and O–H groups in total. The molecule has 0 fully saturated rings. The largest absolute Gasteiger partial charge is 0.349 e. The zero-order valence-corrected chi connectivity index (χ0v) is 7.65. The van der Waals surface area contributed by atoms with Crippen molar-refractivity contribution in [1.29, 1.82) is 0 Å². The van der Waals surface area contributed by atoms with E-state index in [-0.39, 0.29) is 0 Å².